The van der Waals surface area contributed by atoms with E-state index < -0.39 is 0 Å². The fraction of sp³-hybridized carbons (Fsp3) is 0.0492. The molecule has 8 aromatic carbocycles. The minimum absolute atomic E-state index is 0.0438. The normalized spacial score (nSPS) is 14.8. The van der Waals surface area contributed by atoms with E-state index in [1.54, 1.807) is 0 Å². The van der Waals surface area contributed by atoms with Crippen molar-refractivity contribution in [2.45, 2.75) is 12.8 Å². The quantitative estimate of drug-likeness (QED) is 0.153. The Morgan fingerprint density at radius 1 is 0.409 bits per heavy atom. The molecule has 0 spiro atoms. The largest absolute Gasteiger partial charge is 0.308 e. The van der Waals surface area contributed by atoms with Crippen LogP contribution in [0.15, 0.2) is 231 Å². The molecule has 0 aliphatic heterocycles. The Labute approximate surface area is 383 Å². The van der Waals surface area contributed by atoms with Crippen LogP contribution in [-0.2, 0) is 0 Å². The highest BCUT2D eigenvalue weighted by Gasteiger charge is 2.25. The number of pyridine rings is 1. The highest BCUT2D eigenvalue weighted by atomic mass is 15.0. The van der Waals surface area contributed by atoms with Crippen LogP contribution in [0.4, 0.5) is 0 Å². The van der Waals surface area contributed by atoms with E-state index in [2.05, 4.69) is 230 Å². The molecule has 0 saturated carbocycles. The van der Waals surface area contributed by atoms with Gasteiger partial charge in [-0.1, -0.05) is 213 Å². The Bertz CT molecular complexity index is 3510. The Morgan fingerprint density at radius 2 is 0.894 bits per heavy atom. The van der Waals surface area contributed by atoms with Crippen molar-refractivity contribution in [3.63, 3.8) is 0 Å². The van der Waals surface area contributed by atoms with Gasteiger partial charge in [0, 0.05) is 44.5 Å². The molecule has 2 atom stereocenters. The summed E-state index contributed by atoms with van der Waals surface area (Å²) in [6, 6.07) is 74.7. The molecule has 312 valence electrons. The van der Waals surface area contributed by atoms with Gasteiger partial charge >= 0.3 is 0 Å². The van der Waals surface area contributed by atoms with Crippen molar-refractivity contribution < 1.29 is 0 Å². The molecule has 0 bridgehead atoms. The second-order valence-electron chi connectivity index (χ2n) is 17.1. The second kappa shape index (κ2) is 16.5. The molecule has 12 rings (SSSR count). The maximum Gasteiger partial charge on any atom is 0.163 e. The lowest BCUT2D eigenvalue weighted by Gasteiger charge is -2.23. The van der Waals surface area contributed by atoms with Crippen molar-refractivity contribution in [2.24, 2.45) is 5.92 Å². The zero-order valence-electron chi connectivity index (χ0n) is 36.3. The molecule has 3 heterocycles. The van der Waals surface area contributed by atoms with E-state index >= 15 is 0 Å². The smallest absolute Gasteiger partial charge is 0.163 e. The third-order valence-corrected chi connectivity index (χ3v) is 13.0. The first-order valence-corrected chi connectivity index (χ1v) is 22.6. The van der Waals surface area contributed by atoms with Crippen molar-refractivity contribution in [3.05, 3.63) is 242 Å². The van der Waals surface area contributed by atoms with Crippen LogP contribution in [0.2, 0.25) is 0 Å². The van der Waals surface area contributed by atoms with Crippen LogP contribution in [0, 0.1) is 5.92 Å². The van der Waals surface area contributed by atoms with E-state index in [1.165, 1.54) is 27.6 Å². The van der Waals surface area contributed by atoms with Gasteiger partial charge in [-0.25, -0.2) is 19.9 Å². The van der Waals surface area contributed by atoms with Gasteiger partial charge in [-0.2, -0.15) is 0 Å². The Morgan fingerprint density at radius 3 is 1.50 bits per heavy atom. The van der Waals surface area contributed by atoms with E-state index in [4.69, 9.17) is 19.9 Å². The SMILES string of the molecule is CC1C=C(c2ccc(-c3nc4ccccc4c4c3c3ccccc3n4-c3ccccc3)cc2)C=CC1c1nc(-c2ccc(-c3ccccc3)cc2)nc(-c2ccc(-c3ccccc3)cc2)n1. The van der Waals surface area contributed by atoms with Crippen molar-refractivity contribution in [2.75, 3.05) is 0 Å². The summed E-state index contributed by atoms with van der Waals surface area (Å²) >= 11 is 0. The van der Waals surface area contributed by atoms with Gasteiger partial charge in [0.15, 0.2) is 11.6 Å². The molecular weight excluding hydrogens is 803 g/mol. The fourth-order valence-corrected chi connectivity index (χ4v) is 9.58. The zero-order valence-corrected chi connectivity index (χ0v) is 36.3. The van der Waals surface area contributed by atoms with Gasteiger partial charge in [-0.05, 0) is 63.6 Å². The van der Waals surface area contributed by atoms with Crippen LogP contribution in [0.5, 0.6) is 0 Å². The summed E-state index contributed by atoms with van der Waals surface area (Å²) < 4.78 is 2.39. The van der Waals surface area contributed by atoms with Gasteiger partial charge < -0.3 is 4.57 Å². The standard InChI is InChI=1S/C61H43N5/c1-40-39-49(45-25-31-46(32-26-45)57-56-53-22-12-14-24-55(53)66(50-19-9-4-10-20-50)58(56)52-21-11-13-23-54(52)62-57)37-38-51(40)61-64-59(47-33-27-43(28-34-47)41-15-5-2-6-16-41)63-60(65-61)48-35-29-44(30-36-48)42-17-7-3-8-18-42/h2-40,51H,1H3. The van der Waals surface area contributed by atoms with Crippen LogP contribution in [0.1, 0.15) is 24.2 Å². The second-order valence-corrected chi connectivity index (χ2v) is 17.1. The molecule has 0 fully saturated rings. The molecule has 5 heteroatoms. The molecule has 3 aromatic heterocycles. The molecule has 66 heavy (non-hydrogen) atoms. The van der Waals surface area contributed by atoms with Gasteiger partial charge in [0.2, 0.25) is 0 Å². The van der Waals surface area contributed by atoms with Crippen LogP contribution in [0.3, 0.4) is 0 Å². The van der Waals surface area contributed by atoms with Crippen molar-refractivity contribution in [3.8, 4) is 62.0 Å². The van der Waals surface area contributed by atoms with E-state index in [-0.39, 0.29) is 11.8 Å². The Hall–Kier alpha value is -8.54. The van der Waals surface area contributed by atoms with E-state index in [0.717, 1.165) is 72.4 Å². The number of fused-ring (bicyclic) bond motifs is 5. The molecule has 11 aromatic rings. The topological polar surface area (TPSA) is 56.5 Å². The first kappa shape index (κ1) is 39.1. The lowest BCUT2D eigenvalue weighted by atomic mass is 9.84. The molecule has 1 aliphatic rings. The van der Waals surface area contributed by atoms with Crippen molar-refractivity contribution in [1.82, 2.24) is 24.5 Å². The van der Waals surface area contributed by atoms with Gasteiger partial charge in [0.25, 0.3) is 0 Å². The Kier molecular flexibility index (Phi) is 9.80. The van der Waals surface area contributed by atoms with Gasteiger partial charge in [-0.3, -0.25) is 0 Å². The number of rotatable bonds is 8. The van der Waals surface area contributed by atoms with E-state index in [9.17, 15) is 0 Å². The Balaban J connectivity index is 0.891. The number of hydrogen-bond donors (Lipinski definition) is 0. The van der Waals surface area contributed by atoms with Crippen LogP contribution < -0.4 is 0 Å². The summed E-state index contributed by atoms with van der Waals surface area (Å²) in [5, 5.41) is 3.47. The average Bonchev–Trinajstić information content (AvgIpc) is 3.75. The van der Waals surface area contributed by atoms with Gasteiger partial charge in [0.1, 0.15) is 5.82 Å². The highest BCUT2D eigenvalue weighted by Crippen LogP contribution is 2.42. The maximum atomic E-state index is 5.36. The average molecular weight is 846 g/mol. The summed E-state index contributed by atoms with van der Waals surface area (Å²) in [5.41, 5.74) is 15.4. The zero-order chi connectivity index (χ0) is 44.0. The molecule has 0 saturated heterocycles. The predicted molar refractivity (Wildman–Crippen MR) is 272 cm³/mol. The monoisotopic (exact) mass is 845 g/mol. The van der Waals surface area contributed by atoms with Crippen molar-refractivity contribution >= 4 is 38.3 Å². The molecule has 5 nitrogen and oxygen atoms in total. The molecule has 0 N–H and O–H groups in total. The third kappa shape index (κ3) is 7.08. The third-order valence-electron chi connectivity index (χ3n) is 13.0. The number of para-hydroxylation sites is 3. The number of aromatic nitrogens is 5. The summed E-state index contributed by atoms with van der Waals surface area (Å²) in [5.74, 6) is 2.16. The summed E-state index contributed by atoms with van der Waals surface area (Å²) in [7, 11) is 0. The van der Waals surface area contributed by atoms with Crippen LogP contribution in [0.25, 0.3) is 100 Å². The first-order chi connectivity index (χ1) is 32.6. The van der Waals surface area contributed by atoms with E-state index in [1.807, 2.05) is 12.1 Å². The molecule has 1 aliphatic carbocycles. The number of nitrogens with zero attached hydrogens (tertiary/aromatic N) is 5. The van der Waals surface area contributed by atoms with Gasteiger partial charge in [-0.15, -0.1) is 0 Å². The van der Waals surface area contributed by atoms with Crippen LogP contribution >= 0.6 is 0 Å². The van der Waals surface area contributed by atoms with Crippen LogP contribution in [-0.4, -0.2) is 24.5 Å². The molecule has 2 unspecified atom stereocenters. The molecule has 0 radical (unpaired) electrons. The molecular formula is C61H43N5. The number of allylic oxidation sites excluding steroid dienone is 4. The highest BCUT2D eigenvalue weighted by molar-refractivity contribution is 6.22. The summed E-state index contributed by atoms with van der Waals surface area (Å²) in [4.78, 5) is 20.8. The minimum Gasteiger partial charge on any atom is -0.308 e. The predicted octanol–water partition coefficient (Wildman–Crippen LogP) is 15.2. The maximum absolute atomic E-state index is 5.36. The number of benzene rings is 8. The van der Waals surface area contributed by atoms with Gasteiger partial charge in [0.05, 0.1) is 22.2 Å². The minimum atomic E-state index is -0.0438. The fourth-order valence-electron chi connectivity index (χ4n) is 9.58. The molecule has 0 amide bonds. The number of hydrogen-bond acceptors (Lipinski definition) is 4. The first-order valence-electron chi connectivity index (χ1n) is 22.6. The lowest BCUT2D eigenvalue weighted by molar-refractivity contribution is 0.602. The summed E-state index contributed by atoms with van der Waals surface area (Å²) in [6.45, 7) is 2.26. The van der Waals surface area contributed by atoms with E-state index in [0.29, 0.717) is 11.6 Å². The lowest BCUT2D eigenvalue weighted by Crippen LogP contribution is -2.14. The van der Waals surface area contributed by atoms with Crippen molar-refractivity contribution in [1.29, 1.82) is 0 Å². The summed E-state index contributed by atoms with van der Waals surface area (Å²) in [6.07, 6.45) is 6.85.